The maximum absolute atomic E-state index is 12.0. The summed E-state index contributed by atoms with van der Waals surface area (Å²) in [5, 5.41) is 0. The molecule has 0 radical (unpaired) electrons. The minimum absolute atomic E-state index is 0.0379. The number of rotatable bonds is 0. The molecule has 6 aliphatic rings. The lowest BCUT2D eigenvalue weighted by molar-refractivity contribution is -0.189. The van der Waals surface area contributed by atoms with E-state index >= 15 is 0 Å². The molecule has 4 heteroatoms. The van der Waals surface area contributed by atoms with Crippen molar-refractivity contribution in [3.8, 4) is 0 Å². The predicted molar refractivity (Wildman–Crippen MR) is 104 cm³/mol. The third kappa shape index (κ3) is 2.12. The summed E-state index contributed by atoms with van der Waals surface area (Å²) in [7, 11) is 0. The summed E-state index contributed by atoms with van der Waals surface area (Å²) in [6, 6.07) is 0. The Morgan fingerprint density at radius 1 is 0.964 bits per heavy atom. The first kappa shape index (κ1) is 17.9. The molecule has 2 spiro atoms. The fraction of sp³-hybridized carbons (Fsp3) is 0.875. The van der Waals surface area contributed by atoms with Crippen molar-refractivity contribution in [2.45, 2.75) is 89.4 Å². The number of carbonyl (C=O) groups excluding carboxylic acids is 1. The van der Waals surface area contributed by atoms with E-state index in [0.29, 0.717) is 17.8 Å². The number of esters is 1. The SMILES string of the molecule is C[C@]12CCC3(CC1=CC[C@@H]1C2CC[C@@]2(C)C1CC[C@@]21CCC(=O)O1)OCCO3. The van der Waals surface area contributed by atoms with Gasteiger partial charge in [0.15, 0.2) is 5.79 Å². The zero-order chi connectivity index (χ0) is 19.2. The number of hydrogen-bond acceptors (Lipinski definition) is 4. The van der Waals surface area contributed by atoms with E-state index in [2.05, 4.69) is 19.9 Å². The summed E-state index contributed by atoms with van der Waals surface area (Å²) in [5.74, 6) is 1.91. The molecule has 4 nitrogen and oxygen atoms in total. The number of allylic oxidation sites excluding steroid dienone is 1. The van der Waals surface area contributed by atoms with E-state index in [-0.39, 0.29) is 22.8 Å². The van der Waals surface area contributed by atoms with Crippen LogP contribution in [0.5, 0.6) is 0 Å². The molecule has 154 valence electrons. The van der Waals surface area contributed by atoms with Gasteiger partial charge in [-0.3, -0.25) is 4.79 Å². The van der Waals surface area contributed by atoms with Crippen molar-refractivity contribution in [1.82, 2.24) is 0 Å². The quantitative estimate of drug-likeness (QED) is 0.444. The summed E-state index contributed by atoms with van der Waals surface area (Å²) < 4.78 is 18.2. The van der Waals surface area contributed by atoms with Crippen LogP contribution in [0.2, 0.25) is 0 Å². The second kappa shape index (κ2) is 5.63. The molecule has 28 heavy (non-hydrogen) atoms. The Bertz CT molecular complexity index is 737. The topological polar surface area (TPSA) is 44.8 Å². The Morgan fingerprint density at radius 3 is 2.50 bits per heavy atom. The maximum Gasteiger partial charge on any atom is 0.306 e. The number of hydrogen-bond donors (Lipinski definition) is 0. The molecule has 2 aliphatic heterocycles. The lowest BCUT2D eigenvalue weighted by atomic mass is 9.46. The van der Waals surface area contributed by atoms with Crippen molar-refractivity contribution in [3.05, 3.63) is 11.6 Å². The van der Waals surface area contributed by atoms with Crippen LogP contribution in [0.4, 0.5) is 0 Å². The van der Waals surface area contributed by atoms with Gasteiger partial charge in [-0.2, -0.15) is 0 Å². The van der Waals surface area contributed by atoms with Gasteiger partial charge < -0.3 is 14.2 Å². The molecule has 0 bridgehead atoms. The first-order chi connectivity index (χ1) is 13.4. The van der Waals surface area contributed by atoms with Gasteiger partial charge in [-0.05, 0) is 68.1 Å². The highest BCUT2D eigenvalue weighted by Crippen LogP contribution is 2.69. The molecule has 0 aromatic rings. The zero-order valence-corrected chi connectivity index (χ0v) is 17.4. The third-order valence-electron chi connectivity index (χ3n) is 10.3. The second-order valence-electron chi connectivity index (χ2n) is 11.0. The second-order valence-corrected chi connectivity index (χ2v) is 11.0. The molecular formula is C24H34O4. The monoisotopic (exact) mass is 386 g/mol. The fourth-order valence-electron chi connectivity index (χ4n) is 8.64. The van der Waals surface area contributed by atoms with Gasteiger partial charge in [0.1, 0.15) is 5.60 Å². The molecule has 4 aliphatic carbocycles. The molecule has 2 saturated heterocycles. The van der Waals surface area contributed by atoms with E-state index in [1.165, 1.54) is 32.1 Å². The van der Waals surface area contributed by atoms with Crippen LogP contribution in [0, 0.1) is 28.6 Å². The van der Waals surface area contributed by atoms with E-state index in [9.17, 15) is 4.79 Å². The minimum atomic E-state index is -0.323. The first-order valence-corrected chi connectivity index (χ1v) is 11.6. The molecule has 6 rings (SSSR count). The molecule has 3 saturated carbocycles. The Kier molecular flexibility index (Phi) is 3.61. The molecule has 0 aromatic carbocycles. The molecular weight excluding hydrogens is 352 g/mol. The number of fused-ring (bicyclic) bond motifs is 6. The molecule has 6 atom stereocenters. The first-order valence-electron chi connectivity index (χ1n) is 11.6. The molecule has 5 fully saturated rings. The van der Waals surface area contributed by atoms with Crippen molar-refractivity contribution < 1.29 is 19.0 Å². The van der Waals surface area contributed by atoms with Crippen LogP contribution in [0.1, 0.15) is 78.1 Å². The van der Waals surface area contributed by atoms with Crippen molar-refractivity contribution in [2.75, 3.05) is 13.2 Å². The molecule has 0 aromatic heterocycles. The van der Waals surface area contributed by atoms with Crippen LogP contribution in [0.3, 0.4) is 0 Å². The Hall–Kier alpha value is -0.870. The molecule has 0 N–H and O–H groups in total. The minimum Gasteiger partial charge on any atom is -0.458 e. The fourth-order valence-corrected chi connectivity index (χ4v) is 8.64. The van der Waals surface area contributed by atoms with Gasteiger partial charge in [0, 0.05) is 24.7 Å². The normalized spacial score (nSPS) is 51.6. The highest BCUT2D eigenvalue weighted by Gasteiger charge is 2.67. The van der Waals surface area contributed by atoms with Gasteiger partial charge in [0.2, 0.25) is 0 Å². The van der Waals surface area contributed by atoms with Crippen LogP contribution >= 0.6 is 0 Å². The van der Waals surface area contributed by atoms with Gasteiger partial charge in [-0.25, -0.2) is 0 Å². The van der Waals surface area contributed by atoms with E-state index in [4.69, 9.17) is 14.2 Å². The number of carbonyl (C=O) groups is 1. The highest BCUT2D eigenvalue weighted by molar-refractivity contribution is 5.72. The largest absolute Gasteiger partial charge is 0.458 e. The van der Waals surface area contributed by atoms with Crippen molar-refractivity contribution in [3.63, 3.8) is 0 Å². The van der Waals surface area contributed by atoms with Crippen molar-refractivity contribution >= 4 is 5.97 Å². The van der Waals surface area contributed by atoms with Crippen LogP contribution in [0.25, 0.3) is 0 Å². The van der Waals surface area contributed by atoms with Gasteiger partial charge in [-0.1, -0.05) is 25.5 Å². The van der Waals surface area contributed by atoms with Gasteiger partial charge in [0.05, 0.1) is 13.2 Å². The Balaban J connectivity index is 1.31. The van der Waals surface area contributed by atoms with Crippen LogP contribution in [-0.4, -0.2) is 30.6 Å². The summed E-state index contributed by atoms with van der Waals surface area (Å²) in [4.78, 5) is 12.0. The lowest BCUT2D eigenvalue weighted by Crippen LogP contribution is -2.55. The summed E-state index contributed by atoms with van der Waals surface area (Å²) in [5.41, 5.74) is 1.92. The maximum atomic E-state index is 12.0. The summed E-state index contributed by atoms with van der Waals surface area (Å²) in [6.45, 7) is 6.48. The molecule has 2 heterocycles. The molecule has 0 amide bonds. The van der Waals surface area contributed by atoms with Gasteiger partial charge >= 0.3 is 5.97 Å². The van der Waals surface area contributed by atoms with Gasteiger partial charge in [-0.15, -0.1) is 0 Å². The standard InChI is InChI=1S/C24H34O4/c1-21-11-12-24(26-13-14-27-24)15-16(21)3-4-17-18(21)5-8-22(2)19(17)6-9-23(22)10-7-20(25)28-23/h3,17-19H,4-15H2,1-2H3/t17-,18?,19?,21+,22+,23-/m1/s1. The lowest BCUT2D eigenvalue weighted by Gasteiger charge is -2.59. The zero-order valence-electron chi connectivity index (χ0n) is 17.4. The average molecular weight is 387 g/mol. The van der Waals surface area contributed by atoms with E-state index in [1.807, 2.05) is 0 Å². The highest BCUT2D eigenvalue weighted by atomic mass is 16.7. The van der Waals surface area contributed by atoms with E-state index in [0.717, 1.165) is 50.7 Å². The van der Waals surface area contributed by atoms with E-state index < -0.39 is 0 Å². The van der Waals surface area contributed by atoms with Crippen molar-refractivity contribution in [2.24, 2.45) is 28.6 Å². The van der Waals surface area contributed by atoms with Gasteiger partial charge in [0.25, 0.3) is 0 Å². The molecule has 2 unspecified atom stereocenters. The predicted octanol–water partition coefficient (Wildman–Crippen LogP) is 4.77. The average Bonchev–Trinajstić information content (AvgIpc) is 3.36. The van der Waals surface area contributed by atoms with Crippen molar-refractivity contribution in [1.29, 1.82) is 0 Å². The van der Waals surface area contributed by atoms with Crippen LogP contribution in [-0.2, 0) is 19.0 Å². The third-order valence-corrected chi connectivity index (χ3v) is 10.3. The van der Waals surface area contributed by atoms with Crippen LogP contribution in [0.15, 0.2) is 11.6 Å². The summed E-state index contributed by atoms with van der Waals surface area (Å²) in [6.07, 6.45) is 13.3. The Labute approximate surface area is 168 Å². The Morgan fingerprint density at radius 2 is 1.75 bits per heavy atom. The van der Waals surface area contributed by atoms with E-state index in [1.54, 1.807) is 5.57 Å². The van der Waals surface area contributed by atoms with Crippen LogP contribution < -0.4 is 0 Å². The summed E-state index contributed by atoms with van der Waals surface area (Å²) >= 11 is 0. The smallest absolute Gasteiger partial charge is 0.306 e. The number of ether oxygens (including phenoxy) is 3.